The zero-order chi connectivity index (χ0) is 14.8. The summed E-state index contributed by atoms with van der Waals surface area (Å²) in [5, 5.41) is 10.6. The number of unbranched alkanes of at least 4 members (excludes halogenated alkanes) is 3. The molecule has 0 fully saturated rings. The van der Waals surface area contributed by atoms with Crippen LogP contribution in [-0.2, 0) is 6.42 Å². The maximum atomic E-state index is 10.6. The number of aryl methyl sites for hydroxylation is 1. The monoisotopic (exact) mass is 278 g/mol. The van der Waals surface area contributed by atoms with Crippen LogP contribution in [0.4, 0.5) is 5.69 Å². The van der Waals surface area contributed by atoms with Crippen molar-refractivity contribution in [3.63, 3.8) is 0 Å². The van der Waals surface area contributed by atoms with Gasteiger partial charge in [-0.1, -0.05) is 38.3 Å². The molecule has 0 saturated heterocycles. The molecule has 0 aromatic heterocycles. The molecule has 0 aliphatic rings. The summed E-state index contributed by atoms with van der Waals surface area (Å²) < 4.78 is 0. The maximum absolute atomic E-state index is 10.6. The Morgan fingerprint density at radius 2 is 1.70 bits per heavy atom. The normalized spacial score (nSPS) is 10.9. The van der Waals surface area contributed by atoms with Gasteiger partial charge in [-0.25, -0.2) is 0 Å². The SMILES string of the molecule is CCCCCCN(C)CCCc1ccc([N+](=O)[O-])cc1. The van der Waals surface area contributed by atoms with Crippen LogP contribution in [0.5, 0.6) is 0 Å². The fourth-order valence-corrected chi connectivity index (χ4v) is 2.26. The largest absolute Gasteiger partial charge is 0.306 e. The Hall–Kier alpha value is -1.42. The van der Waals surface area contributed by atoms with E-state index in [0.717, 1.165) is 19.4 Å². The van der Waals surface area contributed by atoms with Crippen LogP contribution in [0.1, 0.15) is 44.6 Å². The second kappa shape index (κ2) is 9.48. The molecule has 0 saturated carbocycles. The van der Waals surface area contributed by atoms with E-state index in [1.807, 2.05) is 12.1 Å². The van der Waals surface area contributed by atoms with E-state index < -0.39 is 0 Å². The molecule has 1 aromatic rings. The summed E-state index contributed by atoms with van der Waals surface area (Å²) in [5.74, 6) is 0. The van der Waals surface area contributed by atoms with Gasteiger partial charge in [0.1, 0.15) is 0 Å². The lowest BCUT2D eigenvalue weighted by Crippen LogP contribution is -2.21. The minimum atomic E-state index is -0.353. The molecule has 0 aliphatic heterocycles. The first-order valence-corrected chi connectivity index (χ1v) is 7.55. The van der Waals surface area contributed by atoms with Gasteiger partial charge in [0.05, 0.1) is 4.92 Å². The van der Waals surface area contributed by atoms with E-state index in [0.29, 0.717) is 0 Å². The average molecular weight is 278 g/mol. The second-order valence-corrected chi connectivity index (χ2v) is 5.39. The molecule has 0 spiro atoms. The number of nitrogens with zero attached hydrogens (tertiary/aromatic N) is 2. The Morgan fingerprint density at radius 1 is 1.05 bits per heavy atom. The van der Waals surface area contributed by atoms with Crippen molar-refractivity contribution in [2.45, 2.75) is 45.4 Å². The Bertz CT molecular complexity index is 390. The van der Waals surface area contributed by atoms with Gasteiger partial charge in [0, 0.05) is 12.1 Å². The highest BCUT2D eigenvalue weighted by Gasteiger charge is 2.04. The number of nitro benzene ring substituents is 1. The van der Waals surface area contributed by atoms with Gasteiger partial charge >= 0.3 is 0 Å². The summed E-state index contributed by atoms with van der Waals surface area (Å²) >= 11 is 0. The van der Waals surface area contributed by atoms with Crippen LogP contribution in [-0.4, -0.2) is 30.0 Å². The zero-order valence-corrected chi connectivity index (χ0v) is 12.7. The Balaban J connectivity index is 2.18. The highest BCUT2D eigenvalue weighted by molar-refractivity contribution is 5.32. The van der Waals surface area contributed by atoms with E-state index >= 15 is 0 Å². The van der Waals surface area contributed by atoms with Crippen LogP contribution in [0.15, 0.2) is 24.3 Å². The molecule has 4 heteroatoms. The summed E-state index contributed by atoms with van der Waals surface area (Å²) in [4.78, 5) is 12.6. The van der Waals surface area contributed by atoms with E-state index in [1.165, 1.54) is 37.8 Å². The zero-order valence-electron chi connectivity index (χ0n) is 12.7. The predicted molar refractivity (Wildman–Crippen MR) is 83.1 cm³/mol. The smallest absolute Gasteiger partial charge is 0.269 e. The summed E-state index contributed by atoms with van der Waals surface area (Å²) in [5.41, 5.74) is 1.34. The van der Waals surface area contributed by atoms with Crippen molar-refractivity contribution in [1.82, 2.24) is 4.90 Å². The Kier molecular flexibility index (Phi) is 7.88. The van der Waals surface area contributed by atoms with E-state index in [-0.39, 0.29) is 10.6 Å². The molecule has 0 N–H and O–H groups in total. The molecule has 0 bridgehead atoms. The van der Waals surface area contributed by atoms with Crippen molar-refractivity contribution in [3.8, 4) is 0 Å². The van der Waals surface area contributed by atoms with E-state index in [4.69, 9.17) is 0 Å². The third kappa shape index (κ3) is 6.66. The third-order valence-electron chi connectivity index (χ3n) is 3.55. The topological polar surface area (TPSA) is 46.4 Å². The molecule has 0 heterocycles. The molecule has 4 nitrogen and oxygen atoms in total. The summed E-state index contributed by atoms with van der Waals surface area (Å²) in [6.45, 7) is 4.48. The van der Waals surface area contributed by atoms with Gasteiger partial charge in [0.2, 0.25) is 0 Å². The lowest BCUT2D eigenvalue weighted by Gasteiger charge is -2.16. The molecule has 0 radical (unpaired) electrons. The Morgan fingerprint density at radius 3 is 2.30 bits per heavy atom. The minimum Gasteiger partial charge on any atom is -0.306 e. The molecule has 0 aliphatic carbocycles. The standard InChI is InChI=1S/C16H26N2O2/c1-3-4-5-6-13-17(2)14-7-8-15-9-11-16(12-10-15)18(19)20/h9-12H,3-8,13-14H2,1-2H3. The Labute approximate surface area is 121 Å². The first-order chi connectivity index (χ1) is 9.63. The van der Waals surface area contributed by atoms with Gasteiger partial charge in [0.25, 0.3) is 5.69 Å². The summed E-state index contributed by atoms with van der Waals surface area (Å²) in [6, 6.07) is 6.90. The maximum Gasteiger partial charge on any atom is 0.269 e. The van der Waals surface area contributed by atoms with Gasteiger partial charge in [-0.2, -0.15) is 0 Å². The molecular formula is C16H26N2O2. The quantitative estimate of drug-likeness (QED) is 0.368. The second-order valence-electron chi connectivity index (χ2n) is 5.39. The number of hydrogen-bond donors (Lipinski definition) is 0. The summed E-state index contributed by atoms with van der Waals surface area (Å²) in [7, 11) is 2.17. The molecule has 0 amide bonds. The highest BCUT2D eigenvalue weighted by Crippen LogP contribution is 2.13. The van der Waals surface area contributed by atoms with Crippen LogP contribution >= 0.6 is 0 Å². The fraction of sp³-hybridized carbons (Fsp3) is 0.625. The molecule has 0 unspecified atom stereocenters. The molecule has 1 aromatic carbocycles. The fourth-order valence-electron chi connectivity index (χ4n) is 2.26. The van der Waals surface area contributed by atoms with E-state index in [9.17, 15) is 10.1 Å². The minimum absolute atomic E-state index is 0.168. The van der Waals surface area contributed by atoms with Gasteiger partial charge in [-0.05, 0) is 45.0 Å². The van der Waals surface area contributed by atoms with Crippen molar-refractivity contribution < 1.29 is 4.92 Å². The van der Waals surface area contributed by atoms with Crippen LogP contribution in [0.3, 0.4) is 0 Å². The van der Waals surface area contributed by atoms with Crippen molar-refractivity contribution in [1.29, 1.82) is 0 Å². The van der Waals surface area contributed by atoms with Gasteiger partial charge in [-0.15, -0.1) is 0 Å². The van der Waals surface area contributed by atoms with Gasteiger partial charge in [-0.3, -0.25) is 10.1 Å². The highest BCUT2D eigenvalue weighted by atomic mass is 16.6. The number of nitro groups is 1. The number of rotatable bonds is 10. The summed E-state index contributed by atoms with van der Waals surface area (Å²) in [6.07, 6.45) is 7.30. The molecule has 20 heavy (non-hydrogen) atoms. The van der Waals surface area contributed by atoms with Crippen molar-refractivity contribution >= 4 is 5.69 Å². The predicted octanol–water partition coefficient (Wildman–Crippen LogP) is 4.04. The molecule has 112 valence electrons. The number of hydrogen-bond acceptors (Lipinski definition) is 3. The van der Waals surface area contributed by atoms with Crippen molar-refractivity contribution in [2.24, 2.45) is 0 Å². The lowest BCUT2D eigenvalue weighted by molar-refractivity contribution is -0.384. The van der Waals surface area contributed by atoms with E-state index in [2.05, 4.69) is 18.9 Å². The van der Waals surface area contributed by atoms with E-state index in [1.54, 1.807) is 12.1 Å². The van der Waals surface area contributed by atoms with Crippen LogP contribution < -0.4 is 0 Å². The van der Waals surface area contributed by atoms with Gasteiger partial charge < -0.3 is 4.90 Å². The number of benzene rings is 1. The molecule has 1 rings (SSSR count). The first-order valence-electron chi connectivity index (χ1n) is 7.55. The third-order valence-corrected chi connectivity index (χ3v) is 3.55. The molecule has 0 atom stereocenters. The lowest BCUT2D eigenvalue weighted by atomic mass is 10.1. The average Bonchev–Trinajstić information content (AvgIpc) is 2.44. The molecular weight excluding hydrogens is 252 g/mol. The van der Waals surface area contributed by atoms with Gasteiger partial charge in [0.15, 0.2) is 0 Å². The van der Waals surface area contributed by atoms with Crippen LogP contribution in [0.2, 0.25) is 0 Å². The van der Waals surface area contributed by atoms with Crippen molar-refractivity contribution in [3.05, 3.63) is 39.9 Å². The van der Waals surface area contributed by atoms with Crippen LogP contribution in [0.25, 0.3) is 0 Å². The first kappa shape index (κ1) is 16.6. The van der Waals surface area contributed by atoms with Crippen LogP contribution in [0, 0.1) is 10.1 Å². The number of non-ortho nitro benzene ring substituents is 1. The van der Waals surface area contributed by atoms with Crippen molar-refractivity contribution in [2.75, 3.05) is 20.1 Å².